The molecule has 0 atom stereocenters. The molecule has 2 heterocycles. The second-order valence-corrected chi connectivity index (χ2v) is 5.83. The molecule has 0 unspecified atom stereocenters. The number of ether oxygens (including phenoxy) is 1. The molecule has 7 heteroatoms. The van der Waals surface area contributed by atoms with E-state index in [-0.39, 0.29) is 5.97 Å². The van der Waals surface area contributed by atoms with Crippen LogP contribution in [0.2, 0.25) is 0 Å². The average Bonchev–Trinajstić information content (AvgIpc) is 2.77. The molecule has 1 aliphatic rings. The van der Waals surface area contributed by atoms with Gasteiger partial charge in [0, 0.05) is 44.5 Å². The first kappa shape index (κ1) is 28.5. The van der Waals surface area contributed by atoms with Gasteiger partial charge < -0.3 is 15.4 Å². The van der Waals surface area contributed by atoms with Gasteiger partial charge in [-0.2, -0.15) is 0 Å². The Morgan fingerprint density at radius 2 is 2.00 bits per heavy atom. The summed E-state index contributed by atoms with van der Waals surface area (Å²) in [5.74, 6) is 0.938. The van der Waals surface area contributed by atoms with Crippen LogP contribution >= 0.6 is 0 Å². The number of hydrogen-bond donors (Lipinski definition) is 1. The molecule has 164 valence electrons. The van der Waals surface area contributed by atoms with Crippen LogP contribution in [0.1, 0.15) is 57.3 Å². The maximum atomic E-state index is 11.3. The molecule has 7 nitrogen and oxygen atoms in total. The number of aliphatic imine (C=N–C) groups is 1. The lowest BCUT2D eigenvalue weighted by molar-refractivity contribution is -0.144. The highest BCUT2D eigenvalue weighted by Crippen LogP contribution is 2.20. The highest BCUT2D eigenvalue weighted by Gasteiger charge is 2.22. The van der Waals surface area contributed by atoms with E-state index in [9.17, 15) is 9.59 Å². The molecule has 2 N–H and O–H groups in total. The lowest BCUT2D eigenvalue weighted by Gasteiger charge is -2.32. The second kappa shape index (κ2) is 20.0. The highest BCUT2D eigenvalue weighted by molar-refractivity contribution is 5.78. The zero-order valence-corrected chi connectivity index (χ0v) is 18.6. The van der Waals surface area contributed by atoms with E-state index in [0.29, 0.717) is 30.5 Å². The van der Waals surface area contributed by atoms with E-state index in [1.807, 2.05) is 27.7 Å². The van der Waals surface area contributed by atoms with Crippen LogP contribution in [-0.4, -0.2) is 54.8 Å². The van der Waals surface area contributed by atoms with Gasteiger partial charge in [-0.3, -0.25) is 19.6 Å². The summed E-state index contributed by atoms with van der Waals surface area (Å²) in [5.41, 5.74) is 6.34. The van der Waals surface area contributed by atoms with Crippen LogP contribution in [0.5, 0.6) is 0 Å². The fourth-order valence-corrected chi connectivity index (χ4v) is 2.41. The molecule has 2 rings (SSSR count). The van der Waals surface area contributed by atoms with Crippen molar-refractivity contribution in [1.82, 2.24) is 9.88 Å². The van der Waals surface area contributed by atoms with Gasteiger partial charge in [-0.05, 0) is 44.7 Å². The number of hydrogen-bond acceptors (Lipinski definition) is 5. The van der Waals surface area contributed by atoms with Crippen LogP contribution in [-0.2, 0) is 9.53 Å². The topological polar surface area (TPSA) is 97.9 Å². The number of carbonyl (C=O) groups is 2. The largest absolute Gasteiger partial charge is 0.466 e. The van der Waals surface area contributed by atoms with Crippen LogP contribution in [0.25, 0.3) is 0 Å². The Labute approximate surface area is 176 Å². The number of nitrogens with two attached hydrogens (primary N) is 1. The van der Waals surface area contributed by atoms with Gasteiger partial charge in [0.25, 0.3) is 0 Å². The first-order valence-electron chi connectivity index (χ1n) is 10.1. The summed E-state index contributed by atoms with van der Waals surface area (Å²) in [7, 11) is 1.69. The van der Waals surface area contributed by atoms with E-state index in [4.69, 9.17) is 10.5 Å². The molecule has 0 bridgehead atoms. The van der Waals surface area contributed by atoms with Crippen molar-refractivity contribution in [3.8, 4) is 0 Å². The summed E-state index contributed by atoms with van der Waals surface area (Å²) in [6, 6.07) is 3.43. The number of likely N-dealkylation sites (tertiary alicyclic amines) is 1. The molecule has 1 saturated heterocycles. The fourth-order valence-electron chi connectivity index (χ4n) is 2.41. The molecule has 0 saturated carbocycles. The van der Waals surface area contributed by atoms with E-state index in [0.717, 1.165) is 32.2 Å². The molecule has 1 aromatic rings. The number of guanidine groups is 1. The Kier molecular flexibility index (Phi) is 19.7. The van der Waals surface area contributed by atoms with Gasteiger partial charge in [-0.25, -0.2) is 0 Å². The molecule has 0 amide bonds. The van der Waals surface area contributed by atoms with Crippen LogP contribution < -0.4 is 5.73 Å². The predicted molar refractivity (Wildman–Crippen MR) is 120 cm³/mol. The Hall–Kier alpha value is -2.70. The number of nitrogens with zero attached hydrogens (tertiary/aromatic N) is 3. The molecule has 0 radical (unpaired) electrons. The van der Waals surface area contributed by atoms with Gasteiger partial charge in [0.05, 0.1) is 6.61 Å². The Balaban J connectivity index is 0. The van der Waals surface area contributed by atoms with Crippen molar-refractivity contribution < 1.29 is 14.3 Å². The highest BCUT2D eigenvalue weighted by atomic mass is 16.5. The Morgan fingerprint density at radius 1 is 1.41 bits per heavy atom. The maximum absolute atomic E-state index is 11.3. The van der Waals surface area contributed by atoms with Crippen molar-refractivity contribution in [3.63, 3.8) is 0 Å². The number of allylic oxidation sites excluding steroid dienone is 1. The maximum Gasteiger partial charge on any atom is 0.306 e. The normalized spacial score (nSPS) is 13.3. The van der Waals surface area contributed by atoms with Crippen LogP contribution in [0.15, 0.2) is 42.2 Å². The van der Waals surface area contributed by atoms with Crippen molar-refractivity contribution in [1.29, 1.82) is 0 Å². The Bertz CT molecular complexity index is 569. The lowest BCUT2D eigenvalue weighted by atomic mass is 9.94. The van der Waals surface area contributed by atoms with Gasteiger partial charge in [-0.15, -0.1) is 6.58 Å². The van der Waals surface area contributed by atoms with Crippen molar-refractivity contribution >= 4 is 18.2 Å². The van der Waals surface area contributed by atoms with E-state index in [2.05, 4.69) is 21.5 Å². The third-order valence-electron chi connectivity index (χ3n) is 3.75. The first-order chi connectivity index (χ1) is 14.0. The first-order valence-corrected chi connectivity index (χ1v) is 10.1. The molecule has 0 spiro atoms. The van der Waals surface area contributed by atoms with Crippen LogP contribution in [0.3, 0.4) is 0 Å². The van der Waals surface area contributed by atoms with Crippen molar-refractivity contribution in [2.75, 3.05) is 26.7 Å². The van der Waals surface area contributed by atoms with Gasteiger partial charge in [0.2, 0.25) is 0 Å². The molecule has 1 aliphatic heterocycles. The quantitative estimate of drug-likeness (QED) is 0.269. The van der Waals surface area contributed by atoms with Gasteiger partial charge in [0.15, 0.2) is 12.2 Å². The van der Waals surface area contributed by atoms with E-state index in [1.54, 1.807) is 31.5 Å². The smallest absolute Gasteiger partial charge is 0.306 e. The van der Waals surface area contributed by atoms with Crippen molar-refractivity contribution in [2.45, 2.75) is 47.0 Å². The van der Waals surface area contributed by atoms with Crippen LogP contribution in [0.4, 0.5) is 0 Å². The Morgan fingerprint density at radius 3 is 2.38 bits per heavy atom. The minimum Gasteiger partial charge on any atom is -0.466 e. The zero-order valence-electron chi connectivity index (χ0n) is 18.6. The minimum atomic E-state index is -0.0851. The number of aromatic nitrogens is 1. The van der Waals surface area contributed by atoms with Crippen LogP contribution in [0, 0.1) is 5.92 Å². The summed E-state index contributed by atoms with van der Waals surface area (Å²) >= 11 is 0. The molecule has 1 fully saturated rings. The van der Waals surface area contributed by atoms with Crippen molar-refractivity contribution in [3.05, 3.63) is 42.7 Å². The predicted octanol–water partition coefficient (Wildman–Crippen LogP) is 3.71. The summed E-state index contributed by atoms with van der Waals surface area (Å²) in [5, 5.41) is 0. The summed E-state index contributed by atoms with van der Waals surface area (Å²) in [6.45, 7) is 13.3. The van der Waals surface area contributed by atoms with Crippen molar-refractivity contribution in [2.24, 2.45) is 16.6 Å². The lowest BCUT2D eigenvalue weighted by Crippen LogP contribution is -2.43. The monoisotopic (exact) mass is 406 g/mol. The average molecular weight is 407 g/mol. The molecular formula is C22H38N4O3. The third kappa shape index (κ3) is 15.0. The molecular weight excluding hydrogens is 368 g/mol. The number of pyridine rings is 1. The molecule has 1 aromatic heterocycles. The zero-order chi connectivity index (χ0) is 22.5. The number of carbonyl (C=O) groups excluding carboxylic acids is 2. The molecule has 0 aromatic carbocycles. The van der Waals surface area contributed by atoms with E-state index in [1.165, 1.54) is 6.20 Å². The SMILES string of the molecule is C=CC.CC.CCOC(=O)CC1CCN(C(N)=NC)CC1.O=Cc1cccnc1. The van der Waals surface area contributed by atoms with E-state index < -0.39 is 0 Å². The summed E-state index contributed by atoms with van der Waals surface area (Å²) in [6.07, 6.45) is 8.17. The second-order valence-electron chi connectivity index (χ2n) is 5.83. The van der Waals surface area contributed by atoms with Gasteiger partial charge in [-0.1, -0.05) is 19.9 Å². The standard InChI is InChI=1S/C11H21N3O2.C6H5NO.C3H6.C2H6/c1-3-16-10(15)8-9-4-6-14(7-5-9)11(12)13-2;8-5-6-2-1-3-7-4-6;1-3-2;1-2/h9H,3-8H2,1-2H3,(H2,12,13);1-5H;3H,1H2,2H3;1-2H3. The number of aldehydes is 1. The van der Waals surface area contributed by atoms with Gasteiger partial charge >= 0.3 is 5.97 Å². The van der Waals surface area contributed by atoms with E-state index >= 15 is 0 Å². The fraction of sp³-hybridized carbons (Fsp3) is 0.545. The molecule has 0 aliphatic carbocycles. The molecule has 29 heavy (non-hydrogen) atoms. The number of rotatable bonds is 4. The minimum absolute atomic E-state index is 0.0851. The van der Waals surface area contributed by atoms with Gasteiger partial charge in [0.1, 0.15) is 0 Å². The third-order valence-corrected chi connectivity index (χ3v) is 3.75. The number of piperidine rings is 1. The summed E-state index contributed by atoms with van der Waals surface area (Å²) in [4.78, 5) is 31.0. The summed E-state index contributed by atoms with van der Waals surface area (Å²) < 4.78 is 4.94. The number of esters is 1.